The third kappa shape index (κ3) is 3.45. The molecular weight excluding hydrogens is 362 g/mol. The Hall–Kier alpha value is -2.73. The van der Waals surface area contributed by atoms with E-state index in [2.05, 4.69) is 4.98 Å². The summed E-state index contributed by atoms with van der Waals surface area (Å²) in [5, 5.41) is 0.131. The van der Waals surface area contributed by atoms with Crippen LogP contribution in [0.2, 0.25) is 0 Å². The smallest absolute Gasteiger partial charge is 0.188 e. The molecule has 1 fully saturated rings. The molecule has 2 aromatic carbocycles. The first-order valence-electron chi connectivity index (χ1n) is 8.88. The lowest BCUT2D eigenvalue weighted by Crippen LogP contribution is -2.25. The van der Waals surface area contributed by atoms with Crippen molar-refractivity contribution >= 4 is 26.5 Å². The molecule has 0 spiro atoms. The third-order valence-electron chi connectivity index (χ3n) is 4.91. The van der Waals surface area contributed by atoms with Crippen LogP contribution in [0.4, 0.5) is 0 Å². The molecule has 1 aliphatic carbocycles. The summed E-state index contributed by atoms with van der Waals surface area (Å²) in [7, 11) is -3.61. The van der Waals surface area contributed by atoms with Gasteiger partial charge in [-0.2, -0.15) is 0 Å². The Morgan fingerprint density at radius 3 is 2.56 bits per heavy atom. The average Bonchev–Trinajstić information content (AvgIpc) is 3.13. The van der Waals surface area contributed by atoms with Gasteiger partial charge in [-0.25, -0.2) is 8.42 Å². The summed E-state index contributed by atoms with van der Waals surface area (Å²) in [4.78, 5) is 16.3. The molecule has 1 saturated carbocycles. The second kappa shape index (κ2) is 7.12. The maximum absolute atomic E-state index is 12.6. The molecule has 138 valence electrons. The maximum Gasteiger partial charge on any atom is 0.188 e. The number of rotatable bonds is 5. The fraction of sp³-hybridized carbons (Fsp3) is 0.238. The minimum absolute atomic E-state index is 0.171. The van der Waals surface area contributed by atoms with Crippen LogP contribution in [0.1, 0.15) is 24.8 Å². The first-order chi connectivity index (χ1) is 13.1. The van der Waals surface area contributed by atoms with E-state index in [0.717, 1.165) is 16.5 Å². The van der Waals surface area contributed by atoms with Crippen LogP contribution < -0.4 is 4.74 Å². The molecule has 3 aromatic rings. The summed E-state index contributed by atoms with van der Waals surface area (Å²) >= 11 is 0. The zero-order chi connectivity index (χ0) is 18.9. The van der Waals surface area contributed by atoms with E-state index in [1.807, 2.05) is 30.3 Å². The summed E-state index contributed by atoms with van der Waals surface area (Å²) in [6.45, 7) is 0.357. The molecule has 0 bridgehead atoms. The molecular formula is C21H19NO4S. The van der Waals surface area contributed by atoms with E-state index in [1.165, 1.54) is 12.1 Å². The van der Waals surface area contributed by atoms with Gasteiger partial charge in [0.15, 0.2) is 15.6 Å². The van der Waals surface area contributed by atoms with Gasteiger partial charge in [-0.1, -0.05) is 18.2 Å². The summed E-state index contributed by atoms with van der Waals surface area (Å²) in [5.41, 5.74) is 1.91. The molecule has 0 saturated heterocycles. The fourth-order valence-corrected chi connectivity index (χ4v) is 5.23. The second-order valence-electron chi connectivity index (χ2n) is 6.64. The van der Waals surface area contributed by atoms with E-state index in [9.17, 15) is 13.2 Å². The van der Waals surface area contributed by atoms with Crippen molar-refractivity contribution in [3.63, 3.8) is 0 Å². The van der Waals surface area contributed by atoms with Gasteiger partial charge in [0.1, 0.15) is 17.6 Å². The van der Waals surface area contributed by atoms with Crippen molar-refractivity contribution in [2.24, 2.45) is 0 Å². The van der Waals surface area contributed by atoms with Crippen molar-refractivity contribution in [3.8, 4) is 5.75 Å². The molecule has 1 atom stereocenters. The van der Waals surface area contributed by atoms with Crippen molar-refractivity contribution < 1.29 is 17.9 Å². The van der Waals surface area contributed by atoms with Gasteiger partial charge in [-0.05, 0) is 49.2 Å². The molecule has 1 heterocycles. The summed E-state index contributed by atoms with van der Waals surface area (Å²) in [5.74, 6) is 0.396. The van der Waals surface area contributed by atoms with Crippen LogP contribution in [0, 0.1) is 0 Å². The Morgan fingerprint density at radius 1 is 1.04 bits per heavy atom. The SMILES string of the molecule is O=C1CCCC1S(=O)(=O)c1ccc(OCc2ccnc3ccccc23)cc1. The Morgan fingerprint density at radius 2 is 1.81 bits per heavy atom. The lowest BCUT2D eigenvalue weighted by molar-refractivity contribution is -0.117. The standard InChI is InChI=1S/C21H19NO4S/c23-20-6-3-7-21(20)27(24,25)17-10-8-16(9-11-17)26-14-15-12-13-22-19-5-2-1-4-18(15)19/h1-2,4-5,8-13,21H,3,6-7,14H2. The normalized spacial score (nSPS) is 17.3. The Balaban J connectivity index is 1.50. The number of nitrogens with zero attached hydrogens (tertiary/aromatic N) is 1. The first-order valence-corrected chi connectivity index (χ1v) is 10.4. The number of hydrogen-bond acceptors (Lipinski definition) is 5. The number of Topliss-reactive ketones (excluding diaryl/α,β-unsaturated/α-hetero) is 1. The number of carbonyl (C=O) groups excluding carboxylic acids is 1. The topological polar surface area (TPSA) is 73.3 Å². The lowest BCUT2D eigenvalue weighted by atomic mass is 10.1. The molecule has 0 N–H and O–H groups in total. The number of sulfone groups is 1. The monoisotopic (exact) mass is 381 g/mol. The molecule has 1 aromatic heterocycles. The Bertz CT molecular complexity index is 1090. The van der Waals surface area contributed by atoms with Crippen LogP contribution in [0.3, 0.4) is 0 Å². The predicted octanol–water partition coefficient (Wildman–Crippen LogP) is 3.71. The van der Waals surface area contributed by atoms with E-state index < -0.39 is 15.1 Å². The third-order valence-corrected chi connectivity index (χ3v) is 7.09. The van der Waals surface area contributed by atoms with Gasteiger partial charge in [-0.3, -0.25) is 9.78 Å². The van der Waals surface area contributed by atoms with Crippen molar-refractivity contribution in [2.75, 3.05) is 0 Å². The number of benzene rings is 2. The quantitative estimate of drug-likeness (QED) is 0.674. The zero-order valence-corrected chi connectivity index (χ0v) is 15.5. The second-order valence-corrected chi connectivity index (χ2v) is 8.77. The molecule has 0 amide bonds. The van der Waals surface area contributed by atoms with Crippen molar-refractivity contribution in [2.45, 2.75) is 36.0 Å². The molecule has 4 rings (SSSR count). The fourth-order valence-electron chi connectivity index (χ4n) is 3.44. The highest BCUT2D eigenvalue weighted by atomic mass is 32.2. The molecule has 1 aliphatic rings. The van der Waals surface area contributed by atoms with E-state index in [4.69, 9.17) is 4.74 Å². The van der Waals surface area contributed by atoms with Gasteiger partial charge < -0.3 is 4.74 Å². The number of fused-ring (bicyclic) bond motifs is 1. The van der Waals surface area contributed by atoms with Crippen LogP contribution in [-0.2, 0) is 21.2 Å². The highest BCUT2D eigenvalue weighted by molar-refractivity contribution is 7.92. The van der Waals surface area contributed by atoms with E-state index >= 15 is 0 Å². The van der Waals surface area contributed by atoms with Gasteiger partial charge in [0.05, 0.1) is 10.4 Å². The zero-order valence-electron chi connectivity index (χ0n) is 14.7. The maximum atomic E-state index is 12.6. The van der Waals surface area contributed by atoms with Crippen LogP contribution in [0.5, 0.6) is 5.75 Å². The molecule has 5 nitrogen and oxygen atoms in total. The van der Waals surface area contributed by atoms with Gasteiger partial charge >= 0.3 is 0 Å². The number of aromatic nitrogens is 1. The molecule has 0 aliphatic heterocycles. The Labute approximate surface area is 157 Å². The van der Waals surface area contributed by atoms with Crippen LogP contribution in [0.15, 0.2) is 65.7 Å². The minimum Gasteiger partial charge on any atom is -0.489 e. The lowest BCUT2D eigenvalue weighted by Gasteiger charge is -2.12. The predicted molar refractivity (Wildman–Crippen MR) is 102 cm³/mol. The van der Waals surface area contributed by atoms with E-state index in [-0.39, 0.29) is 10.7 Å². The molecule has 0 radical (unpaired) electrons. The Kier molecular flexibility index (Phi) is 4.66. The van der Waals surface area contributed by atoms with Crippen LogP contribution >= 0.6 is 0 Å². The molecule has 27 heavy (non-hydrogen) atoms. The van der Waals surface area contributed by atoms with Crippen molar-refractivity contribution in [1.82, 2.24) is 4.98 Å². The van der Waals surface area contributed by atoms with Gasteiger partial charge in [0, 0.05) is 23.6 Å². The van der Waals surface area contributed by atoms with E-state index in [0.29, 0.717) is 31.6 Å². The minimum atomic E-state index is -3.61. The average molecular weight is 381 g/mol. The van der Waals surface area contributed by atoms with Gasteiger partial charge in [0.25, 0.3) is 0 Å². The summed E-state index contributed by atoms with van der Waals surface area (Å²) in [6.07, 6.45) is 3.15. The number of ether oxygens (including phenoxy) is 1. The van der Waals surface area contributed by atoms with Crippen molar-refractivity contribution in [1.29, 1.82) is 0 Å². The van der Waals surface area contributed by atoms with Crippen molar-refractivity contribution in [3.05, 3.63) is 66.4 Å². The first kappa shape index (κ1) is 17.7. The highest BCUT2D eigenvalue weighted by Crippen LogP contribution is 2.28. The number of pyridine rings is 1. The summed E-state index contributed by atoms with van der Waals surface area (Å²) in [6, 6.07) is 16.0. The van der Waals surface area contributed by atoms with Gasteiger partial charge in [0.2, 0.25) is 0 Å². The van der Waals surface area contributed by atoms with E-state index in [1.54, 1.807) is 18.3 Å². The number of ketones is 1. The number of hydrogen-bond donors (Lipinski definition) is 0. The number of para-hydroxylation sites is 1. The van der Waals surface area contributed by atoms with Crippen LogP contribution in [0.25, 0.3) is 10.9 Å². The molecule has 1 unspecified atom stereocenters. The van der Waals surface area contributed by atoms with Crippen LogP contribution in [-0.4, -0.2) is 24.4 Å². The largest absolute Gasteiger partial charge is 0.489 e. The molecule has 6 heteroatoms. The van der Waals surface area contributed by atoms with Gasteiger partial charge in [-0.15, -0.1) is 0 Å². The summed E-state index contributed by atoms with van der Waals surface area (Å²) < 4.78 is 31.1. The number of carbonyl (C=O) groups is 1. The highest BCUT2D eigenvalue weighted by Gasteiger charge is 2.36.